The molecule has 0 spiro atoms. The lowest BCUT2D eigenvalue weighted by Crippen LogP contribution is -2.49. The van der Waals surface area contributed by atoms with Crippen LogP contribution in [0.1, 0.15) is 55.3 Å². The third-order valence-electron chi connectivity index (χ3n) is 5.14. The number of rotatable bonds is 4. The van der Waals surface area contributed by atoms with Crippen LogP contribution in [-0.2, 0) is 0 Å². The fourth-order valence-electron chi connectivity index (χ4n) is 3.94. The highest BCUT2D eigenvalue weighted by atomic mass is 16.2. The summed E-state index contributed by atoms with van der Waals surface area (Å²) in [6.45, 7) is 3.21. The summed E-state index contributed by atoms with van der Waals surface area (Å²) < 4.78 is 0. The van der Waals surface area contributed by atoms with Crippen LogP contribution in [0.3, 0.4) is 0 Å². The average Bonchev–Trinajstić information content (AvgIpc) is 2.56. The van der Waals surface area contributed by atoms with Crippen molar-refractivity contribution < 1.29 is 4.79 Å². The predicted octanol–water partition coefficient (Wildman–Crippen LogP) is 2.15. The molecule has 2 N–H and O–H groups in total. The van der Waals surface area contributed by atoms with E-state index in [1.54, 1.807) is 18.3 Å². The average molecular weight is 317 g/mol. The zero-order chi connectivity index (χ0) is 16.1. The number of nitrogens with zero attached hydrogens (tertiary/aromatic N) is 1. The normalized spacial score (nSPS) is 23.6. The number of piperidine rings is 1. The summed E-state index contributed by atoms with van der Waals surface area (Å²) >= 11 is 0. The molecule has 1 aliphatic carbocycles. The Morgan fingerprint density at radius 3 is 2.83 bits per heavy atom. The van der Waals surface area contributed by atoms with Gasteiger partial charge in [0, 0.05) is 25.3 Å². The predicted molar refractivity (Wildman–Crippen MR) is 90.6 cm³/mol. The molecule has 0 radical (unpaired) electrons. The molecule has 1 aromatic rings. The molecule has 0 bridgehead atoms. The van der Waals surface area contributed by atoms with Gasteiger partial charge in [-0.2, -0.15) is 0 Å². The zero-order valence-corrected chi connectivity index (χ0v) is 13.7. The van der Waals surface area contributed by atoms with Gasteiger partial charge in [-0.15, -0.1) is 0 Å². The van der Waals surface area contributed by atoms with Crippen LogP contribution < -0.4 is 10.9 Å². The van der Waals surface area contributed by atoms with E-state index in [2.05, 4.69) is 15.2 Å². The molecule has 5 heteroatoms. The third-order valence-corrected chi connectivity index (χ3v) is 5.14. The van der Waals surface area contributed by atoms with Crippen LogP contribution in [0.25, 0.3) is 0 Å². The van der Waals surface area contributed by atoms with E-state index < -0.39 is 0 Å². The van der Waals surface area contributed by atoms with Crippen molar-refractivity contribution in [2.45, 2.75) is 51.0 Å². The Morgan fingerprint density at radius 2 is 2.04 bits per heavy atom. The van der Waals surface area contributed by atoms with E-state index in [0.717, 1.165) is 38.4 Å². The van der Waals surface area contributed by atoms with Gasteiger partial charge >= 0.3 is 0 Å². The molecule has 23 heavy (non-hydrogen) atoms. The SMILES string of the molecule is O=C(N[C@@H]1CCCN(CC2CCCCC2)C1)c1ccc[nH]c1=O. The van der Waals surface area contributed by atoms with Gasteiger partial charge < -0.3 is 15.2 Å². The number of hydrogen-bond acceptors (Lipinski definition) is 3. The highest BCUT2D eigenvalue weighted by Gasteiger charge is 2.25. The molecular weight excluding hydrogens is 290 g/mol. The lowest BCUT2D eigenvalue weighted by atomic mass is 9.88. The van der Waals surface area contributed by atoms with Gasteiger partial charge in [0.1, 0.15) is 5.56 Å². The van der Waals surface area contributed by atoms with Crippen LogP contribution in [0.4, 0.5) is 0 Å². The summed E-state index contributed by atoms with van der Waals surface area (Å²) in [5, 5.41) is 3.04. The van der Waals surface area contributed by atoms with E-state index in [4.69, 9.17) is 0 Å². The first-order chi connectivity index (χ1) is 11.2. The zero-order valence-electron chi connectivity index (χ0n) is 13.7. The Morgan fingerprint density at radius 1 is 1.22 bits per heavy atom. The molecule has 3 rings (SSSR count). The molecule has 1 aliphatic heterocycles. The number of likely N-dealkylation sites (tertiary alicyclic amines) is 1. The van der Waals surface area contributed by atoms with Crippen LogP contribution in [0, 0.1) is 5.92 Å². The molecular formula is C18H27N3O2. The first-order valence-electron chi connectivity index (χ1n) is 8.93. The Balaban J connectivity index is 1.53. The van der Waals surface area contributed by atoms with Crippen LogP contribution in [-0.4, -0.2) is 41.5 Å². The van der Waals surface area contributed by atoms with Gasteiger partial charge in [-0.05, 0) is 50.3 Å². The Bertz CT molecular complexity index is 578. The Hall–Kier alpha value is -1.62. The summed E-state index contributed by atoms with van der Waals surface area (Å²) in [5.41, 5.74) is -0.114. The van der Waals surface area contributed by atoms with Crippen molar-refractivity contribution in [1.82, 2.24) is 15.2 Å². The smallest absolute Gasteiger partial charge is 0.260 e. The van der Waals surface area contributed by atoms with Crippen molar-refractivity contribution in [3.63, 3.8) is 0 Å². The fraction of sp³-hybridized carbons (Fsp3) is 0.667. The molecule has 1 saturated carbocycles. The first-order valence-corrected chi connectivity index (χ1v) is 8.93. The van der Waals surface area contributed by atoms with E-state index in [-0.39, 0.29) is 23.1 Å². The Labute approximate surface area is 137 Å². The molecule has 0 unspecified atom stereocenters. The monoisotopic (exact) mass is 317 g/mol. The van der Waals surface area contributed by atoms with Crippen molar-refractivity contribution in [2.75, 3.05) is 19.6 Å². The van der Waals surface area contributed by atoms with Gasteiger partial charge in [-0.25, -0.2) is 0 Å². The number of nitrogens with one attached hydrogen (secondary N) is 2. The molecule has 2 heterocycles. The minimum absolute atomic E-state index is 0.152. The molecule has 0 aromatic carbocycles. The molecule has 1 amide bonds. The number of aromatic nitrogens is 1. The second kappa shape index (κ2) is 7.77. The van der Waals surface area contributed by atoms with Crippen molar-refractivity contribution in [2.24, 2.45) is 5.92 Å². The number of pyridine rings is 1. The maximum Gasteiger partial charge on any atom is 0.260 e. The molecule has 2 fully saturated rings. The minimum Gasteiger partial charge on any atom is -0.348 e. The second-order valence-electron chi connectivity index (χ2n) is 6.99. The van der Waals surface area contributed by atoms with Crippen LogP contribution in [0.5, 0.6) is 0 Å². The molecule has 1 aromatic heterocycles. The molecule has 126 valence electrons. The molecule has 1 atom stereocenters. The van der Waals surface area contributed by atoms with Crippen molar-refractivity contribution in [3.05, 3.63) is 34.2 Å². The molecule has 1 saturated heterocycles. The number of carbonyl (C=O) groups excluding carboxylic acids is 1. The van der Waals surface area contributed by atoms with E-state index in [1.165, 1.54) is 32.1 Å². The van der Waals surface area contributed by atoms with Crippen molar-refractivity contribution in [3.8, 4) is 0 Å². The standard InChI is InChI=1S/C18H27N3O2/c22-17-16(9-4-10-19-17)18(23)20-15-8-5-11-21(13-15)12-14-6-2-1-3-7-14/h4,9-10,14-15H,1-3,5-8,11-13H2,(H,19,22)(H,20,23)/t15-/m1/s1. The summed E-state index contributed by atoms with van der Waals surface area (Å²) in [7, 11) is 0. The summed E-state index contributed by atoms with van der Waals surface area (Å²) in [4.78, 5) is 29.0. The molecule has 5 nitrogen and oxygen atoms in total. The third kappa shape index (κ3) is 4.44. The lowest BCUT2D eigenvalue weighted by Gasteiger charge is -2.36. The van der Waals surface area contributed by atoms with Crippen LogP contribution in [0.2, 0.25) is 0 Å². The van der Waals surface area contributed by atoms with Gasteiger partial charge in [-0.3, -0.25) is 9.59 Å². The van der Waals surface area contributed by atoms with Gasteiger partial charge in [-0.1, -0.05) is 19.3 Å². The minimum atomic E-state index is -0.320. The van der Waals surface area contributed by atoms with E-state index >= 15 is 0 Å². The van der Waals surface area contributed by atoms with Crippen molar-refractivity contribution >= 4 is 5.91 Å². The number of aromatic amines is 1. The van der Waals surface area contributed by atoms with Crippen molar-refractivity contribution in [1.29, 1.82) is 0 Å². The highest BCUT2D eigenvalue weighted by molar-refractivity contribution is 5.93. The summed E-state index contributed by atoms with van der Waals surface area (Å²) in [5.74, 6) is 0.575. The number of amides is 1. The van der Waals surface area contributed by atoms with Crippen LogP contribution >= 0.6 is 0 Å². The lowest BCUT2D eigenvalue weighted by molar-refractivity contribution is 0.0888. The van der Waals surface area contributed by atoms with Gasteiger partial charge in [0.15, 0.2) is 0 Å². The van der Waals surface area contributed by atoms with Gasteiger partial charge in [0.25, 0.3) is 11.5 Å². The summed E-state index contributed by atoms with van der Waals surface area (Å²) in [6, 6.07) is 3.42. The Kier molecular flexibility index (Phi) is 5.49. The summed E-state index contributed by atoms with van der Waals surface area (Å²) in [6.07, 6.45) is 10.5. The number of H-pyrrole nitrogens is 1. The molecule has 2 aliphatic rings. The number of hydrogen-bond donors (Lipinski definition) is 2. The van der Waals surface area contributed by atoms with Gasteiger partial charge in [0.05, 0.1) is 0 Å². The van der Waals surface area contributed by atoms with Gasteiger partial charge in [0.2, 0.25) is 0 Å². The van der Waals surface area contributed by atoms with Crippen LogP contribution in [0.15, 0.2) is 23.1 Å². The van der Waals surface area contributed by atoms with E-state index in [1.807, 2.05) is 0 Å². The number of carbonyl (C=O) groups is 1. The topological polar surface area (TPSA) is 65.2 Å². The fourth-order valence-corrected chi connectivity index (χ4v) is 3.94. The quantitative estimate of drug-likeness (QED) is 0.894. The van der Waals surface area contributed by atoms with E-state index in [9.17, 15) is 9.59 Å². The highest BCUT2D eigenvalue weighted by Crippen LogP contribution is 2.25. The maximum absolute atomic E-state index is 12.3. The maximum atomic E-state index is 12.3. The second-order valence-corrected chi connectivity index (χ2v) is 6.99. The van der Waals surface area contributed by atoms with E-state index in [0.29, 0.717) is 0 Å². The largest absolute Gasteiger partial charge is 0.348 e. The first kappa shape index (κ1) is 16.2.